The molecule has 3 aromatic rings. The Kier molecular flexibility index (Phi) is 3.59. The van der Waals surface area contributed by atoms with Gasteiger partial charge in [-0.2, -0.15) is 4.39 Å². The summed E-state index contributed by atoms with van der Waals surface area (Å²) < 4.78 is 20.0. The molecule has 3 rings (SSSR count). The second-order valence-corrected chi connectivity index (χ2v) is 4.32. The third-order valence-corrected chi connectivity index (χ3v) is 2.93. The Morgan fingerprint density at radius 3 is 2.81 bits per heavy atom. The average molecular weight is 284 g/mol. The lowest BCUT2D eigenvalue weighted by Crippen LogP contribution is -1.96. The molecule has 106 valence electrons. The number of benzene rings is 1. The van der Waals surface area contributed by atoms with Crippen LogP contribution in [0.4, 0.5) is 4.39 Å². The van der Waals surface area contributed by atoms with E-state index in [4.69, 9.17) is 4.74 Å². The van der Waals surface area contributed by atoms with Crippen molar-refractivity contribution in [3.05, 3.63) is 54.7 Å². The van der Waals surface area contributed by atoms with Gasteiger partial charge in [0, 0.05) is 5.56 Å². The van der Waals surface area contributed by atoms with Crippen molar-refractivity contribution in [2.24, 2.45) is 0 Å². The number of para-hydroxylation sites is 1. The van der Waals surface area contributed by atoms with Crippen LogP contribution in [-0.2, 0) is 0 Å². The number of aromatic nitrogens is 4. The number of nitrogens with zero attached hydrogens (tertiary/aromatic N) is 4. The van der Waals surface area contributed by atoms with Crippen molar-refractivity contribution < 1.29 is 9.13 Å². The van der Waals surface area contributed by atoms with Gasteiger partial charge < -0.3 is 4.74 Å². The van der Waals surface area contributed by atoms with E-state index in [9.17, 15) is 4.39 Å². The van der Waals surface area contributed by atoms with Crippen LogP contribution in [0.15, 0.2) is 48.8 Å². The number of hydrogen-bond acceptors (Lipinski definition) is 4. The highest BCUT2D eigenvalue weighted by Gasteiger charge is 2.10. The highest BCUT2D eigenvalue weighted by molar-refractivity contribution is 5.66. The molecule has 21 heavy (non-hydrogen) atoms. The van der Waals surface area contributed by atoms with E-state index in [0.29, 0.717) is 18.0 Å². The fourth-order valence-electron chi connectivity index (χ4n) is 1.98. The summed E-state index contributed by atoms with van der Waals surface area (Å²) in [7, 11) is 0. The molecular formula is C15H13FN4O. The second kappa shape index (κ2) is 5.70. The van der Waals surface area contributed by atoms with Gasteiger partial charge in [-0.15, -0.1) is 5.10 Å². The van der Waals surface area contributed by atoms with Gasteiger partial charge >= 0.3 is 0 Å². The number of pyridine rings is 1. The maximum atomic E-state index is 12.8. The van der Waals surface area contributed by atoms with E-state index >= 15 is 0 Å². The normalized spacial score (nSPS) is 10.6. The SMILES string of the molecule is CCOc1ccccc1-c1cn(-c2ccc(F)nc2)nn1. The van der Waals surface area contributed by atoms with E-state index in [2.05, 4.69) is 15.3 Å². The summed E-state index contributed by atoms with van der Waals surface area (Å²) in [6.45, 7) is 2.50. The molecule has 0 saturated heterocycles. The number of ether oxygens (including phenoxy) is 1. The quantitative estimate of drug-likeness (QED) is 0.691. The van der Waals surface area contributed by atoms with Crippen molar-refractivity contribution in [2.45, 2.75) is 6.92 Å². The van der Waals surface area contributed by atoms with Crippen LogP contribution >= 0.6 is 0 Å². The van der Waals surface area contributed by atoms with Crippen LogP contribution in [0.1, 0.15) is 6.92 Å². The molecule has 0 saturated carbocycles. The fraction of sp³-hybridized carbons (Fsp3) is 0.133. The van der Waals surface area contributed by atoms with Gasteiger partial charge in [-0.1, -0.05) is 17.3 Å². The van der Waals surface area contributed by atoms with Crippen LogP contribution in [0.3, 0.4) is 0 Å². The van der Waals surface area contributed by atoms with Crippen LogP contribution < -0.4 is 4.74 Å². The molecule has 2 heterocycles. The van der Waals surface area contributed by atoms with Gasteiger partial charge in [0.25, 0.3) is 0 Å². The molecule has 1 aromatic carbocycles. The number of hydrogen-bond donors (Lipinski definition) is 0. The zero-order chi connectivity index (χ0) is 14.7. The molecule has 0 aliphatic rings. The minimum atomic E-state index is -0.527. The lowest BCUT2D eigenvalue weighted by Gasteiger charge is -2.06. The molecule has 0 fully saturated rings. The van der Waals surface area contributed by atoms with Crippen LogP contribution in [0, 0.1) is 5.95 Å². The van der Waals surface area contributed by atoms with Crippen LogP contribution in [0.2, 0.25) is 0 Å². The first-order valence-electron chi connectivity index (χ1n) is 6.54. The lowest BCUT2D eigenvalue weighted by atomic mass is 10.1. The van der Waals surface area contributed by atoms with Gasteiger partial charge in [0.2, 0.25) is 5.95 Å². The molecule has 0 atom stereocenters. The molecule has 0 radical (unpaired) electrons. The monoisotopic (exact) mass is 284 g/mol. The summed E-state index contributed by atoms with van der Waals surface area (Å²) in [5.74, 6) is 0.227. The number of halogens is 1. The third kappa shape index (κ3) is 2.74. The van der Waals surface area contributed by atoms with E-state index in [1.165, 1.54) is 12.3 Å². The minimum absolute atomic E-state index is 0.527. The minimum Gasteiger partial charge on any atom is -0.493 e. The highest BCUT2D eigenvalue weighted by Crippen LogP contribution is 2.28. The summed E-state index contributed by atoms with van der Waals surface area (Å²) in [4.78, 5) is 3.60. The lowest BCUT2D eigenvalue weighted by molar-refractivity contribution is 0.341. The summed E-state index contributed by atoms with van der Waals surface area (Å²) in [6, 6.07) is 10.5. The first kappa shape index (κ1) is 13.2. The predicted molar refractivity (Wildman–Crippen MR) is 75.7 cm³/mol. The summed E-state index contributed by atoms with van der Waals surface area (Å²) in [5, 5.41) is 8.18. The van der Waals surface area contributed by atoms with Crippen LogP contribution in [-0.4, -0.2) is 26.6 Å². The molecule has 0 amide bonds. The fourth-order valence-corrected chi connectivity index (χ4v) is 1.98. The zero-order valence-corrected chi connectivity index (χ0v) is 11.4. The molecule has 6 heteroatoms. The van der Waals surface area contributed by atoms with Gasteiger partial charge in [-0.05, 0) is 31.2 Å². The van der Waals surface area contributed by atoms with Crippen molar-refractivity contribution in [3.63, 3.8) is 0 Å². The van der Waals surface area contributed by atoms with E-state index in [0.717, 1.165) is 11.3 Å². The molecule has 0 bridgehead atoms. The zero-order valence-electron chi connectivity index (χ0n) is 11.4. The smallest absolute Gasteiger partial charge is 0.212 e. The van der Waals surface area contributed by atoms with Crippen molar-refractivity contribution in [2.75, 3.05) is 6.61 Å². The Balaban J connectivity index is 1.97. The van der Waals surface area contributed by atoms with Crippen molar-refractivity contribution in [1.82, 2.24) is 20.0 Å². The summed E-state index contributed by atoms with van der Waals surface area (Å²) in [6.07, 6.45) is 3.16. The maximum Gasteiger partial charge on any atom is 0.212 e. The van der Waals surface area contributed by atoms with Gasteiger partial charge in [0.15, 0.2) is 0 Å². The average Bonchev–Trinajstić information content (AvgIpc) is 2.99. The van der Waals surface area contributed by atoms with E-state index in [1.54, 1.807) is 16.9 Å². The Bertz CT molecular complexity index is 739. The Morgan fingerprint density at radius 1 is 1.19 bits per heavy atom. The maximum absolute atomic E-state index is 12.8. The molecule has 0 spiro atoms. The molecule has 0 N–H and O–H groups in total. The first-order chi connectivity index (χ1) is 10.3. The standard InChI is InChI=1S/C15H13FN4O/c1-2-21-14-6-4-3-5-12(14)13-10-20(19-18-13)11-7-8-15(16)17-9-11/h3-10H,2H2,1H3. The Hall–Kier alpha value is -2.76. The largest absolute Gasteiger partial charge is 0.493 e. The van der Waals surface area contributed by atoms with Crippen LogP contribution in [0.25, 0.3) is 16.9 Å². The molecule has 2 aromatic heterocycles. The molecule has 0 unspecified atom stereocenters. The summed E-state index contributed by atoms with van der Waals surface area (Å²) in [5.41, 5.74) is 2.19. The summed E-state index contributed by atoms with van der Waals surface area (Å²) >= 11 is 0. The Morgan fingerprint density at radius 2 is 2.05 bits per heavy atom. The van der Waals surface area contributed by atoms with Crippen molar-refractivity contribution in [3.8, 4) is 22.7 Å². The predicted octanol–water partition coefficient (Wildman–Crippen LogP) is 2.87. The number of rotatable bonds is 4. The molecular weight excluding hydrogens is 271 g/mol. The second-order valence-electron chi connectivity index (χ2n) is 4.32. The van der Waals surface area contributed by atoms with Crippen molar-refractivity contribution >= 4 is 0 Å². The molecule has 5 nitrogen and oxygen atoms in total. The molecule has 0 aliphatic carbocycles. The van der Waals surface area contributed by atoms with Gasteiger partial charge in [-0.25, -0.2) is 9.67 Å². The van der Waals surface area contributed by atoms with E-state index in [1.807, 2.05) is 31.2 Å². The van der Waals surface area contributed by atoms with Crippen LogP contribution in [0.5, 0.6) is 5.75 Å². The third-order valence-electron chi connectivity index (χ3n) is 2.93. The first-order valence-corrected chi connectivity index (χ1v) is 6.54. The Labute approximate surface area is 121 Å². The topological polar surface area (TPSA) is 52.8 Å². The van der Waals surface area contributed by atoms with Gasteiger partial charge in [0.05, 0.1) is 24.7 Å². The molecule has 0 aliphatic heterocycles. The van der Waals surface area contributed by atoms with E-state index in [-0.39, 0.29) is 0 Å². The van der Waals surface area contributed by atoms with Gasteiger partial charge in [-0.3, -0.25) is 0 Å². The van der Waals surface area contributed by atoms with Gasteiger partial charge in [0.1, 0.15) is 11.4 Å². The highest BCUT2D eigenvalue weighted by atomic mass is 19.1. The van der Waals surface area contributed by atoms with Crippen molar-refractivity contribution in [1.29, 1.82) is 0 Å². The van der Waals surface area contributed by atoms with E-state index < -0.39 is 5.95 Å².